The molecule has 3 heteroatoms. The summed E-state index contributed by atoms with van der Waals surface area (Å²) in [6.45, 7) is 0. The lowest BCUT2D eigenvalue weighted by Gasteiger charge is -2.12. The quantitative estimate of drug-likeness (QED) is 0.851. The highest BCUT2D eigenvalue weighted by molar-refractivity contribution is 9.10. The molecule has 0 saturated heterocycles. The topological polar surface area (TPSA) is 37.3 Å². The van der Waals surface area contributed by atoms with Gasteiger partial charge in [0.15, 0.2) is 0 Å². The molecular weight excluding hydrogens is 256 g/mol. The predicted octanol–water partition coefficient (Wildman–Crippen LogP) is 3.03. The van der Waals surface area contributed by atoms with Crippen molar-refractivity contribution in [3.8, 4) is 12.3 Å². The Hall–Kier alpha value is -1.27. The Morgan fingerprint density at radius 2 is 2.20 bits per heavy atom. The molecule has 2 nitrogen and oxygen atoms in total. The number of carboxylic acid groups (broad SMARTS) is 1. The Bertz CT molecular complexity index is 393. The molecule has 1 atom stereocenters. The maximum atomic E-state index is 11.1. The van der Waals surface area contributed by atoms with Crippen molar-refractivity contribution in [1.29, 1.82) is 0 Å². The van der Waals surface area contributed by atoms with E-state index in [2.05, 4.69) is 21.9 Å². The molecule has 0 heterocycles. The van der Waals surface area contributed by atoms with E-state index in [4.69, 9.17) is 11.5 Å². The highest BCUT2D eigenvalue weighted by atomic mass is 79.9. The summed E-state index contributed by atoms with van der Waals surface area (Å²) in [6, 6.07) is 7.32. The highest BCUT2D eigenvalue weighted by Crippen LogP contribution is 2.28. The van der Waals surface area contributed by atoms with Gasteiger partial charge in [-0.1, -0.05) is 34.1 Å². The summed E-state index contributed by atoms with van der Waals surface area (Å²) >= 11 is 3.34. The summed E-state index contributed by atoms with van der Waals surface area (Å²) in [5.41, 5.74) is 0.778. The van der Waals surface area contributed by atoms with Gasteiger partial charge < -0.3 is 5.11 Å². The molecule has 0 bridgehead atoms. The molecule has 0 amide bonds. The minimum Gasteiger partial charge on any atom is -0.481 e. The van der Waals surface area contributed by atoms with Crippen LogP contribution in [0.25, 0.3) is 0 Å². The highest BCUT2D eigenvalue weighted by Gasteiger charge is 2.20. The molecule has 0 aliphatic carbocycles. The first-order valence-corrected chi connectivity index (χ1v) is 5.36. The van der Waals surface area contributed by atoms with E-state index in [-0.39, 0.29) is 0 Å². The molecule has 0 aliphatic heterocycles. The molecule has 0 radical (unpaired) electrons. The number of hydrogen-bond acceptors (Lipinski definition) is 1. The summed E-state index contributed by atoms with van der Waals surface area (Å²) in [4.78, 5) is 11.1. The predicted molar refractivity (Wildman–Crippen MR) is 62.6 cm³/mol. The Kier molecular flexibility index (Phi) is 4.38. The molecule has 1 unspecified atom stereocenters. The van der Waals surface area contributed by atoms with Crippen LogP contribution in [0.4, 0.5) is 0 Å². The molecule has 1 N–H and O–H groups in total. The summed E-state index contributed by atoms with van der Waals surface area (Å²) < 4.78 is 0.814. The molecule has 1 aromatic rings. The van der Waals surface area contributed by atoms with Gasteiger partial charge in [0.1, 0.15) is 0 Å². The fourth-order valence-corrected chi connectivity index (χ4v) is 1.96. The zero-order chi connectivity index (χ0) is 11.3. The average Bonchev–Trinajstić information content (AvgIpc) is 2.20. The number of carboxylic acids is 1. The van der Waals surface area contributed by atoms with E-state index in [0.717, 1.165) is 10.0 Å². The molecule has 0 saturated carbocycles. The monoisotopic (exact) mass is 266 g/mol. The van der Waals surface area contributed by atoms with Gasteiger partial charge in [0.05, 0.1) is 5.92 Å². The van der Waals surface area contributed by atoms with Crippen LogP contribution in [0, 0.1) is 12.3 Å². The molecule has 15 heavy (non-hydrogen) atoms. The van der Waals surface area contributed by atoms with E-state index >= 15 is 0 Å². The second-order valence-corrected chi connectivity index (χ2v) is 4.01. The Balaban J connectivity index is 2.95. The van der Waals surface area contributed by atoms with Crippen LogP contribution in [0.2, 0.25) is 0 Å². The zero-order valence-electron chi connectivity index (χ0n) is 8.11. The number of terminal acetylenes is 1. The summed E-state index contributed by atoms with van der Waals surface area (Å²) in [5.74, 6) is 1.10. The SMILES string of the molecule is C#CCCC(C(=O)O)c1ccccc1Br. The van der Waals surface area contributed by atoms with Crippen LogP contribution in [0.1, 0.15) is 24.3 Å². The maximum Gasteiger partial charge on any atom is 0.311 e. The number of aliphatic carboxylic acids is 1. The number of halogens is 1. The van der Waals surface area contributed by atoms with Gasteiger partial charge in [0.2, 0.25) is 0 Å². The normalized spacial score (nSPS) is 11.7. The van der Waals surface area contributed by atoms with Gasteiger partial charge in [-0.15, -0.1) is 12.3 Å². The third kappa shape index (κ3) is 3.10. The van der Waals surface area contributed by atoms with Crippen LogP contribution >= 0.6 is 15.9 Å². The van der Waals surface area contributed by atoms with E-state index in [1.807, 2.05) is 18.2 Å². The van der Waals surface area contributed by atoms with Crippen LogP contribution in [-0.2, 0) is 4.79 Å². The van der Waals surface area contributed by atoms with E-state index in [9.17, 15) is 4.79 Å². The van der Waals surface area contributed by atoms with Crippen molar-refractivity contribution in [3.05, 3.63) is 34.3 Å². The zero-order valence-corrected chi connectivity index (χ0v) is 9.70. The first-order valence-electron chi connectivity index (χ1n) is 4.57. The first-order chi connectivity index (χ1) is 7.16. The van der Waals surface area contributed by atoms with Crippen molar-refractivity contribution in [1.82, 2.24) is 0 Å². The molecule has 1 aromatic carbocycles. The Morgan fingerprint density at radius 1 is 1.53 bits per heavy atom. The van der Waals surface area contributed by atoms with Crippen molar-refractivity contribution in [2.45, 2.75) is 18.8 Å². The summed E-state index contributed by atoms with van der Waals surface area (Å²) in [7, 11) is 0. The number of rotatable bonds is 4. The second-order valence-electron chi connectivity index (χ2n) is 3.16. The fraction of sp³-hybridized carbons (Fsp3) is 0.250. The fourth-order valence-electron chi connectivity index (χ4n) is 1.40. The minimum atomic E-state index is -0.836. The van der Waals surface area contributed by atoms with Crippen LogP contribution in [0.15, 0.2) is 28.7 Å². The van der Waals surface area contributed by atoms with E-state index in [1.165, 1.54) is 0 Å². The smallest absolute Gasteiger partial charge is 0.311 e. The van der Waals surface area contributed by atoms with Crippen LogP contribution < -0.4 is 0 Å². The lowest BCUT2D eigenvalue weighted by molar-refractivity contribution is -0.138. The summed E-state index contributed by atoms with van der Waals surface area (Å²) in [6.07, 6.45) is 6.08. The Labute approximate surface area is 97.4 Å². The van der Waals surface area contributed by atoms with Gasteiger partial charge in [-0.05, 0) is 18.1 Å². The van der Waals surface area contributed by atoms with Gasteiger partial charge in [-0.25, -0.2) is 0 Å². The van der Waals surface area contributed by atoms with Crippen LogP contribution in [0.5, 0.6) is 0 Å². The summed E-state index contributed by atoms with van der Waals surface area (Å²) in [5, 5.41) is 9.09. The van der Waals surface area contributed by atoms with Gasteiger partial charge in [-0.3, -0.25) is 4.79 Å². The van der Waals surface area contributed by atoms with Gasteiger partial charge >= 0.3 is 5.97 Å². The molecule has 1 rings (SSSR count). The largest absolute Gasteiger partial charge is 0.481 e. The lowest BCUT2D eigenvalue weighted by atomic mass is 9.94. The first kappa shape index (κ1) is 11.8. The number of carbonyl (C=O) groups is 1. The average molecular weight is 267 g/mol. The lowest BCUT2D eigenvalue weighted by Crippen LogP contribution is -2.11. The van der Waals surface area contributed by atoms with E-state index in [0.29, 0.717) is 12.8 Å². The van der Waals surface area contributed by atoms with Crippen LogP contribution in [-0.4, -0.2) is 11.1 Å². The van der Waals surface area contributed by atoms with Crippen molar-refractivity contribution in [3.63, 3.8) is 0 Å². The number of benzene rings is 1. The van der Waals surface area contributed by atoms with Crippen molar-refractivity contribution in [2.24, 2.45) is 0 Å². The third-order valence-corrected chi connectivity index (χ3v) is 2.88. The second kappa shape index (κ2) is 5.57. The van der Waals surface area contributed by atoms with E-state index in [1.54, 1.807) is 6.07 Å². The van der Waals surface area contributed by atoms with E-state index < -0.39 is 11.9 Å². The molecule has 78 valence electrons. The standard InChI is InChI=1S/C12H11BrO2/c1-2-3-6-10(12(14)15)9-7-4-5-8-11(9)13/h1,4-5,7-8,10H,3,6H2,(H,14,15). The molecule has 0 fully saturated rings. The minimum absolute atomic E-state index is 0.467. The van der Waals surface area contributed by atoms with Crippen molar-refractivity contribution in [2.75, 3.05) is 0 Å². The third-order valence-electron chi connectivity index (χ3n) is 2.16. The van der Waals surface area contributed by atoms with Gasteiger partial charge in [0.25, 0.3) is 0 Å². The van der Waals surface area contributed by atoms with Gasteiger partial charge in [0, 0.05) is 10.9 Å². The molecule has 0 aromatic heterocycles. The molecule has 0 spiro atoms. The molecule has 0 aliphatic rings. The maximum absolute atomic E-state index is 11.1. The number of hydrogen-bond donors (Lipinski definition) is 1. The van der Waals surface area contributed by atoms with Crippen molar-refractivity contribution >= 4 is 21.9 Å². The van der Waals surface area contributed by atoms with Crippen LogP contribution in [0.3, 0.4) is 0 Å². The van der Waals surface area contributed by atoms with Crippen molar-refractivity contribution < 1.29 is 9.90 Å². The van der Waals surface area contributed by atoms with Gasteiger partial charge in [-0.2, -0.15) is 0 Å². The Morgan fingerprint density at radius 3 is 2.73 bits per heavy atom. The molecular formula is C12H11BrO2.